The molecule has 0 aliphatic rings. The first kappa shape index (κ1) is 15.8. The number of hydrogen-bond donors (Lipinski definition) is 2. The largest absolute Gasteiger partial charge is 0.414 e. The molecule has 0 aromatic carbocycles. The number of aliphatic hydroxyl groups excluding tert-OH is 2. The van der Waals surface area contributed by atoms with Crippen LogP contribution < -0.4 is 0 Å². The van der Waals surface area contributed by atoms with Crippen LogP contribution >= 0.6 is 22.6 Å². The zero-order valence-electron chi connectivity index (χ0n) is 10.2. The van der Waals surface area contributed by atoms with E-state index in [9.17, 15) is 5.11 Å². The van der Waals surface area contributed by atoms with Gasteiger partial charge in [0.05, 0.1) is 23.2 Å². The fourth-order valence-corrected chi connectivity index (χ4v) is 1.96. The first-order chi connectivity index (χ1) is 6.62. The first-order valence-electron chi connectivity index (χ1n) is 5.19. The molecule has 0 heterocycles. The third kappa shape index (κ3) is 5.12. The molecule has 92 valence electrons. The second-order valence-electron chi connectivity index (χ2n) is 5.34. The third-order valence-electron chi connectivity index (χ3n) is 3.01. The molecule has 0 aliphatic carbocycles. The Morgan fingerprint density at radius 2 is 1.80 bits per heavy atom. The fraction of sp³-hybridized carbons (Fsp3) is 1.00. The zero-order valence-corrected chi connectivity index (χ0v) is 13.4. The SMILES string of the molecule is CC(C)(C)[Si](C)(C)OC[C@@H](O)[C@@H](I)CO. The summed E-state index contributed by atoms with van der Waals surface area (Å²) < 4.78 is 5.71. The molecule has 0 aromatic rings. The second kappa shape index (κ2) is 5.95. The van der Waals surface area contributed by atoms with Crippen LogP contribution in [0.4, 0.5) is 0 Å². The van der Waals surface area contributed by atoms with E-state index in [1.54, 1.807) is 0 Å². The maximum Gasteiger partial charge on any atom is 0.192 e. The smallest absolute Gasteiger partial charge is 0.192 e. The molecule has 0 aliphatic heterocycles. The highest BCUT2D eigenvalue weighted by Crippen LogP contribution is 2.36. The summed E-state index contributed by atoms with van der Waals surface area (Å²) in [4.78, 5) is 0. The summed E-state index contributed by atoms with van der Waals surface area (Å²) in [5.74, 6) is 0. The summed E-state index contributed by atoms with van der Waals surface area (Å²) in [6.07, 6.45) is -0.579. The summed E-state index contributed by atoms with van der Waals surface area (Å²) in [5.41, 5.74) is 0. The maximum absolute atomic E-state index is 9.68. The van der Waals surface area contributed by atoms with E-state index in [0.29, 0.717) is 6.61 Å². The van der Waals surface area contributed by atoms with Gasteiger partial charge in [-0.05, 0) is 18.1 Å². The standard InChI is InChI=1S/C10H23IO3Si/c1-10(2,3)15(4,5)14-7-9(13)8(11)6-12/h8-9,12-13H,6-7H2,1-5H3/t8-,9+/m0/s1. The number of alkyl halides is 1. The average molecular weight is 346 g/mol. The van der Waals surface area contributed by atoms with E-state index in [4.69, 9.17) is 9.53 Å². The molecule has 0 rings (SSSR count). The Bertz CT molecular complexity index is 192. The van der Waals surface area contributed by atoms with Crippen molar-refractivity contribution < 1.29 is 14.6 Å². The third-order valence-corrected chi connectivity index (χ3v) is 8.74. The lowest BCUT2D eigenvalue weighted by Gasteiger charge is -2.37. The minimum Gasteiger partial charge on any atom is -0.414 e. The Balaban J connectivity index is 4.16. The van der Waals surface area contributed by atoms with Gasteiger partial charge in [-0.15, -0.1) is 0 Å². The number of aliphatic hydroxyl groups is 2. The monoisotopic (exact) mass is 346 g/mol. The summed E-state index contributed by atoms with van der Waals surface area (Å²) in [5, 5.41) is 18.7. The van der Waals surface area contributed by atoms with Gasteiger partial charge in [0.1, 0.15) is 0 Å². The highest BCUT2D eigenvalue weighted by atomic mass is 127. The molecular formula is C10H23IO3Si. The van der Waals surface area contributed by atoms with Gasteiger partial charge in [-0.3, -0.25) is 0 Å². The summed E-state index contributed by atoms with van der Waals surface area (Å²) in [6, 6.07) is 0. The molecular weight excluding hydrogens is 323 g/mol. The molecule has 0 aromatic heterocycles. The van der Waals surface area contributed by atoms with Crippen molar-refractivity contribution in [3.8, 4) is 0 Å². The van der Waals surface area contributed by atoms with E-state index in [0.717, 1.165) is 0 Å². The molecule has 2 atom stereocenters. The van der Waals surface area contributed by atoms with Gasteiger partial charge < -0.3 is 14.6 Å². The van der Waals surface area contributed by atoms with Crippen LogP contribution in [0.15, 0.2) is 0 Å². The molecule has 0 spiro atoms. The Labute approximate surface area is 107 Å². The molecule has 3 nitrogen and oxygen atoms in total. The molecule has 5 heteroatoms. The van der Waals surface area contributed by atoms with Crippen molar-refractivity contribution in [3.63, 3.8) is 0 Å². The van der Waals surface area contributed by atoms with Gasteiger partial charge in [0.2, 0.25) is 0 Å². The van der Waals surface area contributed by atoms with Gasteiger partial charge in [0.25, 0.3) is 0 Å². The Morgan fingerprint density at radius 1 is 1.33 bits per heavy atom. The van der Waals surface area contributed by atoms with Crippen LogP contribution in [0.5, 0.6) is 0 Å². The lowest BCUT2D eigenvalue weighted by Crippen LogP contribution is -2.44. The minimum atomic E-state index is -1.77. The van der Waals surface area contributed by atoms with Crippen LogP contribution in [0.25, 0.3) is 0 Å². The Hall–Kier alpha value is 0.827. The molecule has 2 N–H and O–H groups in total. The molecule has 0 radical (unpaired) electrons. The van der Waals surface area contributed by atoms with Crippen molar-refractivity contribution in [1.29, 1.82) is 0 Å². The summed E-state index contributed by atoms with van der Waals surface area (Å²) in [7, 11) is -1.77. The molecule has 0 unspecified atom stereocenters. The minimum absolute atomic E-state index is 0.0113. The normalized spacial score (nSPS) is 17.6. The Morgan fingerprint density at radius 3 is 2.13 bits per heavy atom. The van der Waals surface area contributed by atoms with E-state index in [1.807, 2.05) is 22.6 Å². The highest BCUT2D eigenvalue weighted by molar-refractivity contribution is 14.1. The van der Waals surface area contributed by atoms with Crippen molar-refractivity contribution >= 4 is 30.9 Å². The molecule has 0 amide bonds. The molecule has 15 heavy (non-hydrogen) atoms. The quantitative estimate of drug-likeness (QED) is 0.456. The van der Waals surface area contributed by atoms with Crippen molar-refractivity contribution in [3.05, 3.63) is 0 Å². The van der Waals surface area contributed by atoms with E-state index >= 15 is 0 Å². The highest BCUT2D eigenvalue weighted by Gasteiger charge is 2.37. The van der Waals surface area contributed by atoms with Crippen molar-refractivity contribution in [2.24, 2.45) is 0 Å². The van der Waals surface area contributed by atoms with Gasteiger partial charge in [-0.1, -0.05) is 43.4 Å². The van der Waals surface area contributed by atoms with Crippen LogP contribution in [-0.2, 0) is 4.43 Å². The Kier molecular flexibility index (Phi) is 6.28. The second-order valence-corrected chi connectivity index (χ2v) is 11.7. The number of hydrogen-bond acceptors (Lipinski definition) is 3. The summed E-state index contributed by atoms with van der Waals surface area (Å²) >= 11 is 2.04. The average Bonchev–Trinajstić information content (AvgIpc) is 2.11. The summed E-state index contributed by atoms with van der Waals surface area (Å²) in [6.45, 7) is 11.1. The van der Waals surface area contributed by atoms with E-state index in [2.05, 4.69) is 33.9 Å². The van der Waals surface area contributed by atoms with Gasteiger partial charge in [0.15, 0.2) is 8.32 Å². The van der Waals surface area contributed by atoms with Crippen LogP contribution in [-0.4, -0.2) is 41.8 Å². The molecule has 0 saturated heterocycles. The van der Waals surface area contributed by atoms with Gasteiger partial charge >= 0.3 is 0 Å². The number of rotatable bonds is 5. The van der Waals surface area contributed by atoms with Crippen LogP contribution in [0, 0.1) is 0 Å². The van der Waals surface area contributed by atoms with Gasteiger partial charge in [-0.2, -0.15) is 0 Å². The van der Waals surface area contributed by atoms with Gasteiger partial charge in [-0.25, -0.2) is 0 Å². The predicted octanol–water partition coefficient (Wildman–Crippen LogP) is 2.17. The van der Waals surface area contributed by atoms with Crippen LogP contribution in [0.1, 0.15) is 20.8 Å². The topological polar surface area (TPSA) is 49.7 Å². The van der Waals surface area contributed by atoms with Crippen molar-refractivity contribution in [1.82, 2.24) is 0 Å². The van der Waals surface area contributed by atoms with E-state index in [1.165, 1.54) is 0 Å². The molecule has 0 fully saturated rings. The van der Waals surface area contributed by atoms with Gasteiger partial charge in [0, 0.05) is 0 Å². The fourth-order valence-electron chi connectivity index (χ4n) is 0.736. The maximum atomic E-state index is 9.68. The van der Waals surface area contributed by atoms with Crippen LogP contribution in [0.2, 0.25) is 18.1 Å². The molecule has 0 saturated carbocycles. The lowest BCUT2D eigenvalue weighted by atomic mass is 10.2. The number of halogens is 1. The van der Waals surface area contributed by atoms with Crippen LogP contribution in [0.3, 0.4) is 0 Å². The van der Waals surface area contributed by atoms with Crippen molar-refractivity contribution in [2.45, 2.75) is 48.9 Å². The lowest BCUT2D eigenvalue weighted by molar-refractivity contribution is 0.0861. The predicted molar refractivity (Wildman–Crippen MR) is 74.0 cm³/mol. The van der Waals surface area contributed by atoms with E-state index < -0.39 is 14.4 Å². The molecule has 0 bridgehead atoms. The zero-order chi connectivity index (χ0) is 12.3. The van der Waals surface area contributed by atoms with E-state index in [-0.39, 0.29) is 15.6 Å². The van der Waals surface area contributed by atoms with Crippen molar-refractivity contribution in [2.75, 3.05) is 13.2 Å². The first-order valence-corrected chi connectivity index (χ1v) is 9.34.